The van der Waals surface area contributed by atoms with Crippen LogP contribution in [0.25, 0.3) is 5.69 Å². The lowest BCUT2D eigenvalue weighted by molar-refractivity contribution is 0.0335. The monoisotopic (exact) mass is 288 g/mol. The van der Waals surface area contributed by atoms with Crippen molar-refractivity contribution in [2.24, 2.45) is 0 Å². The molecule has 2 rings (SSSR count). The summed E-state index contributed by atoms with van der Waals surface area (Å²) in [6, 6.07) is 9.22. The van der Waals surface area contributed by atoms with Crippen LogP contribution in [-0.4, -0.2) is 35.6 Å². The third-order valence-corrected chi connectivity index (χ3v) is 3.02. The summed E-state index contributed by atoms with van der Waals surface area (Å²) in [6.07, 6.45) is 0. The average Bonchev–Trinajstić information content (AvgIpc) is 2.82. The fourth-order valence-corrected chi connectivity index (χ4v) is 2.05. The Balaban J connectivity index is 2.02. The van der Waals surface area contributed by atoms with Crippen LogP contribution in [0.1, 0.15) is 28.7 Å². The minimum atomic E-state index is -0.338. The number of aromatic nitrogens is 2. The maximum Gasteiger partial charge on any atom is 0.338 e. The molecule has 0 N–H and O–H groups in total. The van der Waals surface area contributed by atoms with Crippen LogP contribution in [0, 0.1) is 13.8 Å². The van der Waals surface area contributed by atoms with Crippen LogP contribution in [-0.2, 0) is 9.47 Å². The van der Waals surface area contributed by atoms with Crippen molar-refractivity contribution in [2.75, 3.05) is 19.8 Å². The van der Waals surface area contributed by atoms with Crippen LogP contribution >= 0.6 is 0 Å². The Morgan fingerprint density at radius 1 is 1.19 bits per heavy atom. The number of carbonyl (C=O) groups excluding carboxylic acids is 1. The highest BCUT2D eigenvalue weighted by Gasteiger charge is 2.08. The van der Waals surface area contributed by atoms with Gasteiger partial charge in [-0.3, -0.25) is 0 Å². The Morgan fingerprint density at radius 2 is 1.90 bits per heavy atom. The molecule has 0 bridgehead atoms. The second kappa shape index (κ2) is 7.04. The molecule has 1 aromatic carbocycles. The van der Waals surface area contributed by atoms with E-state index in [0.29, 0.717) is 18.8 Å². The highest BCUT2D eigenvalue weighted by molar-refractivity contribution is 5.89. The number of hydrogen-bond donors (Lipinski definition) is 0. The van der Waals surface area contributed by atoms with Crippen molar-refractivity contribution in [1.82, 2.24) is 9.78 Å². The van der Waals surface area contributed by atoms with Crippen molar-refractivity contribution < 1.29 is 14.3 Å². The molecule has 112 valence electrons. The van der Waals surface area contributed by atoms with E-state index in [1.54, 1.807) is 12.1 Å². The van der Waals surface area contributed by atoms with E-state index < -0.39 is 0 Å². The minimum absolute atomic E-state index is 0.270. The number of esters is 1. The molecule has 2 aromatic rings. The van der Waals surface area contributed by atoms with Gasteiger partial charge in [-0.1, -0.05) is 0 Å². The van der Waals surface area contributed by atoms with Gasteiger partial charge in [0.1, 0.15) is 6.61 Å². The van der Waals surface area contributed by atoms with E-state index in [-0.39, 0.29) is 12.6 Å². The number of rotatable bonds is 6. The van der Waals surface area contributed by atoms with Gasteiger partial charge in [-0.2, -0.15) is 5.10 Å². The maximum atomic E-state index is 11.8. The molecule has 0 saturated carbocycles. The Morgan fingerprint density at radius 3 is 2.48 bits per heavy atom. The zero-order valence-electron chi connectivity index (χ0n) is 12.6. The normalized spacial score (nSPS) is 10.6. The highest BCUT2D eigenvalue weighted by atomic mass is 16.6. The molecule has 0 atom stereocenters. The molecule has 0 radical (unpaired) electrons. The lowest BCUT2D eigenvalue weighted by Crippen LogP contribution is -2.11. The van der Waals surface area contributed by atoms with E-state index in [9.17, 15) is 4.79 Å². The van der Waals surface area contributed by atoms with Crippen molar-refractivity contribution in [2.45, 2.75) is 20.8 Å². The van der Waals surface area contributed by atoms with Crippen molar-refractivity contribution in [3.63, 3.8) is 0 Å². The van der Waals surface area contributed by atoms with Gasteiger partial charge in [-0.15, -0.1) is 0 Å². The summed E-state index contributed by atoms with van der Waals surface area (Å²) < 4.78 is 12.1. The summed E-state index contributed by atoms with van der Waals surface area (Å²) in [4.78, 5) is 11.8. The number of ether oxygens (including phenoxy) is 2. The largest absolute Gasteiger partial charge is 0.460 e. The van der Waals surface area contributed by atoms with Gasteiger partial charge in [0.25, 0.3) is 0 Å². The first kappa shape index (κ1) is 15.3. The van der Waals surface area contributed by atoms with Crippen LogP contribution in [0.3, 0.4) is 0 Å². The Labute approximate surface area is 124 Å². The van der Waals surface area contributed by atoms with Crippen LogP contribution in [0.5, 0.6) is 0 Å². The summed E-state index contributed by atoms with van der Waals surface area (Å²) >= 11 is 0. The van der Waals surface area contributed by atoms with Crippen LogP contribution in [0.2, 0.25) is 0 Å². The Kier molecular flexibility index (Phi) is 5.11. The highest BCUT2D eigenvalue weighted by Crippen LogP contribution is 2.13. The third-order valence-electron chi connectivity index (χ3n) is 3.02. The summed E-state index contributed by atoms with van der Waals surface area (Å²) in [5.41, 5.74) is 3.47. The summed E-state index contributed by atoms with van der Waals surface area (Å²) in [7, 11) is 0. The second-order valence-electron chi connectivity index (χ2n) is 4.72. The second-order valence-corrected chi connectivity index (χ2v) is 4.72. The number of nitrogens with zero attached hydrogens (tertiary/aromatic N) is 2. The number of aryl methyl sites for hydroxylation is 2. The van der Waals surface area contributed by atoms with E-state index >= 15 is 0 Å². The predicted molar refractivity (Wildman–Crippen MR) is 79.8 cm³/mol. The van der Waals surface area contributed by atoms with Gasteiger partial charge in [0, 0.05) is 12.3 Å². The fourth-order valence-electron chi connectivity index (χ4n) is 2.05. The van der Waals surface area contributed by atoms with Crippen LogP contribution < -0.4 is 0 Å². The number of benzene rings is 1. The van der Waals surface area contributed by atoms with Crippen molar-refractivity contribution >= 4 is 5.97 Å². The molecule has 21 heavy (non-hydrogen) atoms. The van der Waals surface area contributed by atoms with Gasteiger partial charge < -0.3 is 9.47 Å². The first-order chi connectivity index (χ1) is 10.1. The SMILES string of the molecule is CCOCCOC(=O)c1ccc(-n2nc(C)cc2C)cc1. The Bertz CT molecular complexity index is 602. The first-order valence-electron chi connectivity index (χ1n) is 7.00. The third kappa shape index (κ3) is 3.92. The standard InChI is InChI=1S/C16H20N2O3/c1-4-20-9-10-21-16(19)14-5-7-15(8-6-14)18-13(3)11-12(2)17-18/h5-8,11H,4,9-10H2,1-3H3. The van der Waals surface area contributed by atoms with Crippen LogP contribution in [0.15, 0.2) is 30.3 Å². The molecule has 0 aliphatic heterocycles. The molecular formula is C16H20N2O3. The van der Waals surface area contributed by atoms with E-state index in [4.69, 9.17) is 9.47 Å². The minimum Gasteiger partial charge on any atom is -0.460 e. The molecule has 0 aliphatic carbocycles. The topological polar surface area (TPSA) is 53.4 Å². The molecule has 1 aromatic heterocycles. The fraction of sp³-hybridized carbons (Fsp3) is 0.375. The predicted octanol–water partition coefficient (Wildman–Crippen LogP) is 2.68. The quantitative estimate of drug-likeness (QED) is 0.606. The molecule has 0 saturated heterocycles. The van der Waals surface area contributed by atoms with Gasteiger partial charge in [0.2, 0.25) is 0 Å². The van der Waals surface area contributed by atoms with Gasteiger partial charge >= 0.3 is 5.97 Å². The molecule has 0 aliphatic rings. The lowest BCUT2D eigenvalue weighted by Gasteiger charge is -2.07. The van der Waals surface area contributed by atoms with Crippen molar-refractivity contribution in [3.05, 3.63) is 47.3 Å². The smallest absolute Gasteiger partial charge is 0.338 e. The Hall–Kier alpha value is -2.14. The molecule has 5 heteroatoms. The molecule has 5 nitrogen and oxygen atoms in total. The van der Waals surface area contributed by atoms with Gasteiger partial charge in [0.15, 0.2) is 0 Å². The van der Waals surface area contributed by atoms with Gasteiger partial charge in [-0.25, -0.2) is 9.48 Å². The van der Waals surface area contributed by atoms with Crippen molar-refractivity contribution in [1.29, 1.82) is 0 Å². The van der Waals surface area contributed by atoms with Crippen molar-refractivity contribution in [3.8, 4) is 5.69 Å². The average molecular weight is 288 g/mol. The van der Waals surface area contributed by atoms with E-state index in [1.165, 1.54) is 0 Å². The molecule has 0 fully saturated rings. The molecule has 0 spiro atoms. The maximum absolute atomic E-state index is 11.8. The molecule has 1 heterocycles. The molecular weight excluding hydrogens is 268 g/mol. The van der Waals surface area contributed by atoms with E-state index in [1.807, 2.05) is 43.7 Å². The zero-order chi connectivity index (χ0) is 15.2. The van der Waals surface area contributed by atoms with Crippen LogP contribution in [0.4, 0.5) is 0 Å². The summed E-state index contributed by atoms with van der Waals surface area (Å²) in [6.45, 7) is 7.16. The molecule has 0 unspecified atom stereocenters. The van der Waals surface area contributed by atoms with E-state index in [0.717, 1.165) is 17.1 Å². The number of hydrogen-bond acceptors (Lipinski definition) is 4. The lowest BCUT2D eigenvalue weighted by atomic mass is 10.2. The number of carbonyl (C=O) groups is 1. The first-order valence-corrected chi connectivity index (χ1v) is 7.00. The molecule has 0 amide bonds. The zero-order valence-corrected chi connectivity index (χ0v) is 12.6. The van der Waals surface area contributed by atoms with E-state index in [2.05, 4.69) is 5.10 Å². The van der Waals surface area contributed by atoms with Gasteiger partial charge in [0.05, 0.1) is 23.6 Å². The van der Waals surface area contributed by atoms with Gasteiger partial charge in [-0.05, 0) is 51.1 Å². The summed E-state index contributed by atoms with van der Waals surface area (Å²) in [5.74, 6) is -0.338. The summed E-state index contributed by atoms with van der Waals surface area (Å²) in [5, 5.41) is 4.41.